The van der Waals surface area contributed by atoms with E-state index in [4.69, 9.17) is 0 Å². The molecule has 4 aliphatic rings. The first kappa shape index (κ1) is 7.73. The van der Waals surface area contributed by atoms with Crippen molar-refractivity contribution in [2.24, 2.45) is 23.2 Å². The van der Waals surface area contributed by atoms with Gasteiger partial charge in [0, 0.05) is 5.41 Å². The second-order valence-corrected chi connectivity index (χ2v) is 5.96. The van der Waals surface area contributed by atoms with Crippen LogP contribution in [0.5, 0.6) is 0 Å². The molecule has 0 aromatic heterocycles. The van der Waals surface area contributed by atoms with Gasteiger partial charge in [0.1, 0.15) is 0 Å². The zero-order valence-corrected chi connectivity index (χ0v) is 9.14. The molecule has 0 aromatic carbocycles. The predicted octanol–water partition coefficient (Wildman–Crippen LogP) is 3.70. The summed E-state index contributed by atoms with van der Waals surface area (Å²) in [5.41, 5.74) is 6.09. The molecule has 0 heteroatoms. The molecule has 0 nitrogen and oxygen atoms in total. The first-order valence-corrected chi connectivity index (χ1v) is 6.15. The molecule has 0 saturated heterocycles. The van der Waals surface area contributed by atoms with Crippen molar-refractivity contribution in [3.05, 3.63) is 22.8 Å². The summed E-state index contributed by atoms with van der Waals surface area (Å²) >= 11 is 0. The lowest BCUT2D eigenvalue weighted by molar-refractivity contribution is 0.469. The van der Waals surface area contributed by atoms with Crippen molar-refractivity contribution in [3.63, 3.8) is 0 Å². The largest absolute Gasteiger partial charge is 0.0840 e. The summed E-state index contributed by atoms with van der Waals surface area (Å²) in [6, 6.07) is 0. The first-order valence-electron chi connectivity index (χ1n) is 6.15. The van der Waals surface area contributed by atoms with E-state index >= 15 is 0 Å². The van der Waals surface area contributed by atoms with E-state index in [9.17, 15) is 0 Å². The summed E-state index contributed by atoms with van der Waals surface area (Å²) in [7, 11) is 0. The van der Waals surface area contributed by atoms with Crippen molar-refractivity contribution in [2.45, 2.75) is 39.5 Å². The third-order valence-electron chi connectivity index (χ3n) is 5.17. The van der Waals surface area contributed by atoms with Crippen LogP contribution in [-0.2, 0) is 0 Å². The number of hydrogen-bond donors (Lipinski definition) is 0. The summed E-state index contributed by atoms with van der Waals surface area (Å²) in [4.78, 5) is 0. The highest BCUT2D eigenvalue weighted by molar-refractivity contribution is 5.60. The fourth-order valence-electron chi connectivity index (χ4n) is 4.17. The van der Waals surface area contributed by atoms with Crippen LogP contribution in [-0.4, -0.2) is 0 Å². The zero-order valence-electron chi connectivity index (χ0n) is 9.14. The Balaban J connectivity index is 1.71. The van der Waals surface area contributed by atoms with Crippen LogP contribution in [0.15, 0.2) is 22.8 Å². The topological polar surface area (TPSA) is 0 Å². The summed E-state index contributed by atoms with van der Waals surface area (Å²) in [6.45, 7) is 4.77. The van der Waals surface area contributed by atoms with Crippen LogP contribution in [0, 0.1) is 23.2 Å². The molecule has 3 unspecified atom stereocenters. The Bertz CT molecular complexity index is 385. The van der Waals surface area contributed by atoms with Crippen molar-refractivity contribution in [3.8, 4) is 0 Å². The molecule has 0 heterocycles. The SMILES string of the molecule is CC1=C(C23CCC=C2C3[C@@H]2CC2C)C1. The molecule has 0 aromatic rings. The van der Waals surface area contributed by atoms with Gasteiger partial charge in [0.25, 0.3) is 0 Å². The first-order chi connectivity index (χ1) is 6.75. The van der Waals surface area contributed by atoms with E-state index in [1.807, 2.05) is 11.1 Å². The Morgan fingerprint density at radius 2 is 2.14 bits per heavy atom. The normalized spacial score (nSPS) is 53.0. The third kappa shape index (κ3) is 0.699. The third-order valence-corrected chi connectivity index (χ3v) is 5.17. The minimum absolute atomic E-state index is 0.666. The molecule has 0 aliphatic heterocycles. The minimum atomic E-state index is 0.666. The van der Waals surface area contributed by atoms with Crippen LogP contribution in [0.2, 0.25) is 0 Å². The molecular formula is C14H18. The van der Waals surface area contributed by atoms with Gasteiger partial charge in [0.15, 0.2) is 0 Å². The van der Waals surface area contributed by atoms with Gasteiger partial charge in [-0.1, -0.05) is 29.7 Å². The molecule has 0 N–H and O–H groups in total. The van der Waals surface area contributed by atoms with Gasteiger partial charge in [-0.05, 0) is 50.4 Å². The van der Waals surface area contributed by atoms with Gasteiger partial charge in [-0.2, -0.15) is 0 Å². The number of hydrogen-bond acceptors (Lipinski definition) is 0. The second kappa shape index (κ2) is 2.03. The molecular weight excluding hydrogens is 168 g/mol. The Labute approximate surface area is 86.1 Å². The van der Waals surface area contributed by atoms with E-state index in [1.54, 1.807) is 5.57 Å². The predicted molar refractivity (Wildman–Crippen MR) is 57.8 cm³/mol. The Morgan fingerprint density at radius 1 is 1.43 bits per heavy atom. The summed E-state index contributed by atoms with van der Waals surface area (Å²) in [6.07, 6.45) is 8.27. The summed E-state index contributed by atoms with van der Waals surface area (Å²) < 4.78 is 0. The van der Waals surface area contributed by atoms with Gasteiger partial charge in [0.05, 0.1) is 0 Å². The lowest BCUT2D eigenvalue weighted by Crippen LogP contribution is -2.03. The smallest absolute Gasteiger partial charge is 0.0201 e. The maximum atomic E-state index is 2.56. The Hall–Kier alpha value is -0.520. The lowest BCUT2D eigenvalue weighted by Gasteiger charge is -2.10. The van der Waals surface area contributed by atoms with Crippen LogP contribution < -0.4 is 0 Å². The monoisotopic (exact) mass is 186 g/mol. The number of rotatable bonds is 2. The Kier molecular flexibility index (Phi) is 1.12. The van der Waals surface area contributed by atoms with E-state index in [2.05, 4.69) is 19.9 Å². The molecule has 2 saturated carbocycles. The molecule has 2 fully saturated rings. The van der Waals surface area contributed by atoms with Crippen LogP contribution >= 0.6 is 0 Å². The minimum Gasteiger partial charge on any atom is -0.0840 e. The quantitative estimate of drug-likeness (QED) is 0.577. The van der Waals surface area contributed by atoms with Gasteiger partial charge < -0.3 is 0 Å². The highest BCUT2D eigenvalue weighted by Gasteiger charge is 2.70. The van der Waals surface area contributed by atoms with E-state index in [0.717, 1.165) is 17.8 Å². The maximum absolute atomic E-state index is 2.56. The average Bonchev–Trinajstić information content (AvgIpc) is 3.07. The van der Waals surface area contributed by atoms with Gasteiger partial charge in [-0.3, -0.25) is 0 Å². The highest BCUT2D eigenvalue weighted by atomic mass is 14.7. The fraction of sp³-hybridized carbons (Fsp3) is 0.714. The van der Waals surface area contributed by atoms with E-state index < -0.39 is 0 Å². The van der Waals surface area contributed by atoms with Crippen molar-refractivity contribution in [1.29, 1.82) is 0 Å². The standard InChI is InChI=1S/C14H18/c1-8-6-10(8)13-11-4-3-5-14(11,13)12-7-9(12)2/h4,8,10,13H,3,5-7H2,1-2H3/t8?,10-,13?,14?/m1/s1. The summed E-state index contributed by atoms with van der Waals surface area (Å²) in [5, 5.41) is 0. The van der Waals surface area contributed by atoms with Crippen LogP contribution in [0.3, 0.4) is 0 Å². The van der Waals surface area contributed by atoms with Crippen molar-refractivity contribution in [2.75, 3.05) is 0 Å². The van der Waals surface area contributed by atoms with Gasteiger partial charge in [-0.25, -0.2) is 0 Å². The van der Waals surface area contributed by atoms with Crippen molar-refractivity contribution < 1.29 is 0 Å². The zero-order chi connectivity index (χ0) is 9.50. The van der Waals surface area contributed by atoms with E-state index in [0.29, 0.717) is 5.41 Å². The van der Waals surface area contributed by atoms with Crippen molar-refractivity contribution in [1.82, 2.24) is 0 Å². The molecule has 74 valence electrons. The van der Waals surface area contributed by atoms with Gasteiger partial charge in [0.2, 0.25) is 0 Å². The molecule has 0 spiro atoms. The lowest BCUT2D eigenvalue weighted by atomic mass is 9.93. The number of fused-ring (bicyclic) bond motifs is 1. The molecule has 14 heavy (non-hydrogen) atoms. The molecule has 0 amide bonds. The maximum Gasteiger partial charge on any atom is 0.0201 e. The van der Waals surface area contributed by atoms with Crippen LogP contribution in [0.4, 0.5) is 0 Å². The molecule has 0 bridgehead atoms. The molecule has 4 aliphatic carbocycles. The van der Waals surface area contributed by atoms with E-state index in [-0.39, 0.29) is 0 Å². The second-order valence-electron chi connectivity index (χ2n) is 5.96. The number of allylic oxidation sites excluding steroid dienone is 4. The average molecular weight is 186 g/mol. The Morgan fingerprint density at radius 3 is 2.71 bits per heavy atom. The fourth-order valence-corrected chi connectivity index (χ4v) is 4.17. The van der Waals surface area contributed by atoms with Gasteiger partial charge in [-0.15, -0.1) is 0 Å². The van der Waals surface area contributed by atoms with E-state index in [1.165, 1.54) is 25.7 Å². The summed E-state index contributed by atoms with van der Waals surface area (Å²) in [5.74, 6) is 3.11. The molecule has 4 atom stereocenters. The molecule has 0 radical (unpaired) electrons. The van der Waals surface area contributed by atoms with Crippen LogP contribution in [0.1, 0.15) is 39.5 Å². The van der Waals surface area contributed by atoms with Crippen LogP contribution in [0.25, 0.3) is 0 Å². The van der Waals surface area contributed by atoms with Gasteiger partial charge >= 0.3 is 0 Å². The highest BCUT2D eigenvalue weighted by Crippen LogP contribution is 2.79. The molecule has 4 rings (SSSR count). The van der Waals surface area contributed by atoms with Crippen molar-refractivity contribution >= 4 is 0 Å².